The summed E-state index contributed by atoms with van der Waals surface area (Å²) in [5.74, 6) is -1.76. The SMILES string of the molecule is Cc1cc(C)n(C(C)CC(=O)N2C[C@@H](C(=O)O)[C@H](c3ccc(Cl)cc3)C2)n1. The van der Waals surface area contributed by atoms with Crippen molar-refractivity contribution in [1.29, 1.82) is 0 Å². The maximum absolute atomic E-state index is 12.8. The Morgan fingerprint density at radius 2 is 1.93 bits per heavy atom. The highest BCUT2D eigenvalue weighted by Gasteiger charge is 2.40. The van der Waals surface area contributed by atoms with Crippen LogP contribution in [0.15, 0.2) is 30.3 Å². The van der Waals surface area contributed by atoms with E-state index in [0.29, 0.717) is 18.0 Å². The predicted molar refractivity (Wildman–Crippen MR) is 103 cm³/mol. The molecule has 7 heteroatoms. The summed E-state index contributed by atoms with van der Waals surface area (Å²) >= 11 is 5.94. The van der Waals surface area contributed by atoms with Gasteiger partial charge in [-0.1, -0.05) is 23.7 Å². The molecule has 1 fully saturated rings. The molecule has 3 atom stereocenters. The van der Waals surface area contributed by atoms with Crippen LogP contribution >= 0.6 is 11.6 Å². The second-order valence-electron chi connectivity index (χ2n) is 7.33. The molecule has 6 nitrogen and oxygen atoms in total. The minimum Gasteiger partial charge on any atom is -0.481 e. The van der Waals surface area contributed by atoms with E-state index in [1.165, 1.54) is 0 Å². The van der Waals surface area contributed by atoms with Crippen LogP contribution < -0.4 is 0 Å². The minimum atomic E-state index is -0.878. The molecule has 0 spiro atoms. The summed E-state index contributed by atoms with van der Waals surface area (Å²) in [7, 11) is 0. The Kier molecular flexibility index (Phi) is 5.56. The second kappa shape index (κ2) is 7.72. The minimum absolute atomic E-state index is 0.0437. The third-order valence-electron chi connectivity index (χ3n) is 5.22. The van der Waals surface area contributed by atoms with Gasteiger partial charge >= 0.3 is 5.97 Å². The number of hydrogen-bond donors (Lipinski definition) is 1. The molecule has 1 aromatic heterocycles. The van der Waals surface area contributed by atoms with Gasteiger partial charge in [0.15, 0.2) is 0 Å². The molecule has 2 heterocycles. The Morgan fingerprint density at radius 1 is 1.26 bits per heavy atom. The van der Waals surface area contributed by atoms with E-state index in [-0.39, 0.29) is 24.4 Å². The third-order valence-corrected chi connectivity index (χ3v) is 5.47. The van der Waals surface area contributed by atoms with Crippen LogP contribution in [0.3, 0.4) is 0 Å². The maximum atomic E-state index is 12.8. The highest BCUT2D eigenvalue weighted by Crippen LogP contribution is 2.34. The van der Waals surface area contributed by atoms with Crippen molar-refractivity contribution in [1.82, 2.24) is 14.7 Å². The Balaban J connectivity index is 1.73. The van der Waals surface area contributed by atoms with E-state index in [2.05, 4.69) is 5.10 Å². The van der Waals surface area contributed by atoms with Crippen LogP contribution in [-0.4, -0.2) is 44.8 Å². The third kappa shape index (κ3) is 4.16. The summed E-state index contributed by atoms with van der Waals surface area (Å²) in [5.41, 5.74) is 2.83. The van der Waals surface area contributed by atoms with Crippen molar-refractivity contribution in [2.45, 2.75) is 39.2 Å². The summed E-state index contributed by atoms with van der Waals surface area (Å²) in [4.78, 5) is 26.2. The van der Waals surface area contributed by atoms with E-state index in [1.54, 1.807) is 17.0 Å². The van der Waals surface area contributed by atoms with Crippen molar-refractivity contribution >= 4 is 23.5 Å². The van der Waals surface area contributed by atoms with Crippen molar-refractivity contribution in [3.63, 3.8) is 0 Å². The number of halogens is 1. The zero-order chi connectivity index (χ0) is 19.7. The van der Waals surface area contributed by atoms with Crippen molar-refractivity contribution < 1.29 is 14.7 Å². The lowest BCUT2D eigenvalue weighted by Crippen LogP contribution is -2.31. The molecule has 2 aromatic rings. The van der Waals surface area contributed by atoms with Gasteiger partial charge in [0.25, 0.3) is 0 Å². The standard InChI is InChI=1S/C20H24ClN3O3/c1-12-8-13(2)24(22-12)14(3)9-19(25)23-10-17(18(11-23)20(26)27)15-4-6-16(21)7-5-15/h4-8,14,17-18H,9-11H2,1-3H3,(H,26,27)/t14?,17-,18+/m0/s1. The average Bonchev–Trinajstić information content (AvgIpc) is 3.19. The lowest BCUT2D eigenvalue weighted by Gasteiger charge is -2.20. The molecule has 0 saturated carbocycles. The highest BCUT2D eigenvalue weighted by molar-refractivity contribution is 6.30. The van der Waals surface area contributed by atoms with E-state index >= 15 is 0 Å². The summed E-state index contributed by atoms with van der Waals surface area (Å²) < 4.78 is 1.86. The zero-order valence-electron chi connectivity index (χ0n) is 15.7. The molecule has 0 bridgehead atoms. The van der Waals surface area contributed by atoms with Crippen molar-refractivity contribution in [2.24, 2.45) is 5.92 Å². The van der Waals surface area contributed by atoms with Crippen LogP contribution in [-0.2, 0) is 9.59 Å². The maximum Gasteiger partial charge on any atom is 0.308 e. The molecule has 1 amide bonds. The molecule has 3 rings (SSSR count). The van der Waals surface area contributed by atoms with Gasteiger partial charge in [-0.05, 0) is 44.5 Å². The van der Waals surface area contributed by atoms with Gasteiger partial charge in [-0.3, -0.25) is 14.3 Å². The molecule has 1 aliphatic heterocycles. The molecule has 0 aliphatic carbocycles. The van der Waals surface area contributed by atoms with Gasteiger partial charge in [0, 0.05) is 36.1 Å². The van der Waals surface area contributed by atoms with E-state index < -0.39 is 11.9 Å². The molecule has 1 N–H and O–H groups in total. The highest BCUT2D eigenvalue weighted by atomic mass is 35.5. The average molecular weight is 390 g/mol. The lowest BCUT2D eigenvalue weighted by molar-refractivity contribution is -0.141. The molecular weight excluding hydrogens is 366 g/mol. The van der Waals surface area contributed by atoms with Crippen molar-refractivity contribution in [2.75, 3.05) is 13.1 Å². The van der Waals surface area contributed by atoms with Gasteiger partial charge in [-0.25, -0.2) is 0 Å². The number of rotatable bonds is 5. The van der Waals surface area contributed by atoms with Gasteiger partial charge in [-0.2, -0.15) is 5.10 Å². The van der Waals surface area contributed by atoms with E-state index in [9.17, 15) is 14.7 Å². The van der Waals surface area contributed by atoms with Crippen molar-refractivity contribution in [3.05, 3.63) is 52.3 Å². The largest absolute Gasteiger partial charge is 0.481 e. The number of carboxylic acid groups (broad SMARTS) is 1. The van der Waals surface area contributed by atoms with Gasteiger partial charge in [0.1, 0.15) is 0 Å². The Labute approximate surface area is 163 Å². The van der Waals surface area contributed by atoms with Crippen LogP contribution in [0.25, 0.3) is 0 Å². The lowest BCUT2D eigenvalue weighted by atomic mass is 9.89. The number of carbonyl (C=O) groups excluding carboxylic acids is 1. The Hall–Kier alpha value is -2.34. The van der Waals surface area contributed by atoms with Gasteiger partial charge in [-0.15, -0.1) is 0 Å². The van der Waals surface area contributed by atoms with Gasteiger partial charge in [0.05, 0.1) is 17.7 Å². The first-order valence-electron chi connectivity index (χ1n) is 9.05. The number of benzene rings is 1. The predicted octanol–water partition coefficient (Wildman–Crippen LogP) is 3.43. The van der Waals surface area contributed by atoms with Crippen LogP contribution in [0.1, 0.15) is 42.3 Å². The number of aryl methyl sites for hydroxylation is 2. The number of likely N-dealkylation sites (tertiary alicyclic amines) is 1. The van der Waals surface area contributed by atoms with Crippen LogP contribution in [0.2, 0.25) is 5.02 Å². The number of carbonyl (C=O) groups is 2. The monoisotopic (exact) mass is 389 g/mol. The molecule has 144 valence electrons. The van der Waals surface area contributed by atoms with E-state index in [1.807, 2.05) is 43.7 Å². The summed E-state index contributed by atoms with van der Waals surface area (Å²) in [6, 6.07) is 9.10. The second-order valence-corrected chi connectivity index (χ2v) is 7.76. The molecule has 1 saturated heterocycles. The fourth-order valence-electron chi connectivity index (χ4n) is 3.87. The molecular formula is C20H24ClN3O3. The fraction of sp³-hybridized carbons (Fsp3) is 0.450. The topological polar surface area (TPSA) is 75.4 Å². The molecule has 1 aromatic carbocycles. The molecule has 0 radical (unpaired) electrons. The normalized spacial score (nSPS) is 20.7. The molecule has 27 heavy (non-hydrogen) atoms. The number of hydrogen-bond acceptors (Lipinski definition) is 3. The summed E-state index contributed by atoms with van der Waals surface area (Å²) in [6.07, 6.45) is 0.293. The van der Waals surface area contributed by atoms with Crippen LogP contribution in [0, 0.1) is 19.8 Å². The van der Waals surface area contributed by atoms with Crippen molar-refractivity contribution in [3.8, 4) is 0 Å². The van der Waals surface area contributed by atoms with E-state index in [4.69, 9.17) is 11.6 Å². The van der Waals surface area contributed by atoms with E-state index in [0.717, 1.165) is 17.0 Å². The number of aliphatic carboxylic acids is 1. The number of carboxylic acids is 1. The van der Waals surface area contributed by atoms with Gasteiger partial charge in [0.2, 0.25) is 5.91 Å². The summed E-state index contributed by atoms with van der Waals surface area (Å²) in [6.45, 7) is 6.48. The Bertz CT molecular complexity index is 847. The molecule has 1 aliphatic rings. The van der Waals surface area contributed by atoms with Crippen LogP contribution in [0.4, 0.5) is 0 Å². The zero-order valence-corrected chi connectivity index (χ0v) is 16.5. The first kappa shape index (κ1) is 19.4. The fourth-order valence-corrected chi connectivity index (χ4v) is 3.99. The van der Waals surface area contributed by atoms with Crippen LogP contribution in [0.5, 0.6) is 0 Å². The number of aromatic nitrogens is 2. The summed E-state index contributed by atoms with van der Waals surface area (Å²) in [5, 5.41) is 14.7. The molecule has 1 unspecified atom stereocenters. The Morgan fingerprint density at radius 3 is 2.48 bits per heavy atom. The first-order valence-corrected chi connectivity index (χ1v) is 9.43. The van der Waals surface area contributed by atoms with Gasteiger partial charge < -0.3 is 10.0 Å². The quantitative estimate of drug-likeness (QED) is 0.850. The number of nitrogens with zero attached hydrogens (tertiary/aromatic N) is 3. The smallest absolute Gasteiger partial charge is 0.308 e. The number of amides is 1. The first-order chi connectivity index (χ1) is 12.8.